The first kappa shape index (κ1) is 15.0. The monoisotopic (exact) mass is 320 g/mol. The number of carbonyl (C=O) groups excluding carboxylic acids is 1. The molecule has 118 valence electrons. The van der Waals surface area contributed by atoms with Gasteiger partial charge in [0.2, 0.25) is 5.95 Å². The van der Waals surface area contributed by atoms with Gasteiger partial charge in [-0.25, -0.2) is 4.98 Å². The SMILES string of the molecule is Cn1ccnc1NC(=O)c1cnc2c(C(F)(F)F)cccc2c1. The van der Waals surface area contributed by atoms with Crippen molar-refractivity contribution in [2.45, 2.75) is 6.18 Å². The summed E-state index contributed by atoms with van der Waals surface area (Å²) in [6, 6.07) is 5.10. The Morgan fingerprint density at radius 1 is 1.26 bits per heavy atom. The average Bonchev–Trinajstić information content (AvgIpc) is 2.90. The Morgan fingerprint density at radius 3 is 2.70 bits per heavy atom. The quantitative estimate of drug-likeness (QED) is 0.788. The molecule has 1 aromatic carbocycles. The predicted octanol–water partition coefficient (Wildman–Crippen LogP) is 3.24. The van der Waals surface area contributed by atoms with Crippen LogP contribution in [0.4, 0.5) is 19.1 Å². The molecule has 0 atom stereocenters. The van der Waals surface area contributed by atoms with E-state index in [0.717, 1.165) is 12.3 Å². The molecule has 0 bridgehead atoms. The Morgan fingerprint density at radius 2 is 2.04 bits per heavy atom. The zero-order valence-electron chi connectivity index (χ0n) is 11.9. The van der Waals surface area contributed by atoms with Crippen LogP contribution in [0.15, 0.2) is 42.9 Å². The van der Waals surface area contributed by atoms with Gasteiger partial charge in [-0.3, -0.25) is 15.1 Å². The molecule has 1 amide bonds. The highest BCUT2D eigenvalue weighted by atomic mass is 19.4. The summed E-state index contributed by atoms with van der Waals surface area (Å²) in [5.41, 5.74) is -0.862. The van der Waals surface area contributed by atoms with Gasteiger partial charge in [0.15, 0.2) is 0 Å². The highest BCUT2D eigenvalue weighted by Crippen LogP contribution is 2.33. The highest BCUT2D eigenvalue weighted by Gasteiger charge is 2.33. The van der Waals surface area contributed by atoms with Crippen LogP contribution in [0.5, 0.6) is 0 Å². The van der Waals surface area contributed by atoms with Crippen molar-refractivity contribution in [1.82, 2.24) is 14.5 Å². The highest BCUT2D eigenvalue weighted by molar-refractivity contribution is 6.05. The summed E-state index contributed by atoms with van der Waals surface area (Å²) in [6.07, 6.45) is -0.202. The maximum Gasteiger partial charge on any atom is 0.418 e. The summed E-state index contributed by atoms with van der Waals surface area (Å²) in [5.74, 6) is -0.162. The lowest BCUT2D eigenvalue weighted by Crippen LogP contribution is -2.15. The number of alkyl halides is 3. The van der Waals surface area contributed by atoms with E-state index >= 15 is 0 Å². The number of nitrogens with one attached hydrogen (secondary N) is 1. The number of carbonyl (C=O) groups is 1. The molecular formula is C15H11F3N4O. The number of aromatic nitrogens is 3. The molecule has 0 aliphatic carbocycles. The lowest BCUT2D eigenvalue weighted by Gasteiger charge is -2.10. The van der Waals surface area contributed by atoms with Gasteiger partial charge < -0.3 is 4.57 Å². The molecule has 0 saturated heterocycles. The van der Waals surface area contributed by atoms with E-state index in [1.807, 2.05) is 0 Å². The van der Waals surface area contributed by atoms with Gasteiger partial charge >= 0.3 is 6.18 Å². The van der Waals surface area contributed by atoms with E-state index in [1.165, 1.54) is 24.4 Å². The van der Waals surface area contributed by atoms with E-state index in [2.05, 4.69) is 15.3 Å². The van der Waals surface area contributed by atoms with E-state index in [-0.39, 0.29) is 16.5 Å². The molecule has 5 nitrogen and oxygen atoms in total. The van der Waals surface area contributed by atoms with Gasteiger partial charge in [0.25, 0.3) is 5.91 Å². The summed E-state index contributed by atoms with van der Waals surface area (Å²) in [4.78, 5) is 19.9. The second-order valence-electron chi connectivity index (χ2n) is 4.91. The van der Waals surface area contributed by atoms with Crippen molar-refractivity contribution in [3.05, 3.63) is 54.0 Å². The minimum Gasteiger partial charge on any atom is -0.320 e. The largest absolute Gasteiger partial charge is 0.418 e. The average molecular weight is 320 g/mol. The van der Waals surface area contributed by atoms with Crippen molar-refractivity contribution < 1.29 is 18.0 Å². The molecule has 0 fully saturated rings. The second-order valence-corrected chi connectivity index (χ2v) is 4.91. The van der Waals surface area contributed by atoms with Gasteiger partial charge in [0.1, 0.15) is 0 Å². The number of pyridine rings is 1. The minimum atomic E-state index is -4.50. The number of rotatable bonds is 2. The molecule has 0 saturated carbocycles. The number of para-hydroxylation sites is 1. The minimum absolute atomic E-state index is 0.153. The van der Waals surface area contributed by atoms with Crippen molar-refractivity contribution in [2.75, 3.05) is 5.32 Å². The molecule has 0 spiro atoms. The lowest BCUT2D eigenvalue weighted by molar-refractivity contribution is -0.136. The molecular weight excluding hydrogens is 309 g/mol. The van der Waals surface area contributed by atoms with Crippen molar-refractivity contribution in [3.8, 4) is 0 Å². The summed E-state index contributed by atoms with van der Waals surface area (Å²) in [6.45, 7) is 0. The number of imidazole rings is 1. The third-order valence-corrected chi connectivity index (χ3v) is 3.33. The summed E-state index contributed by atoms with van der Waals surface area (Å²) < 4.78 is 40.4. The fraction of sp³-hybridized carbons (Fsp3) is 0.133. The number of amides is 1. The predicted molar refractivity (Wildman–Crippen MR) is 77.9 cm³/mol. The van der Waals surface area contributed by atoms with Gasteiger partial charge in [0, 0.05) is 31.0 Å². The number of anilines is 1. The topological polar surface area (TPSA) is 59.8 Å². The van der Waals surface area contributed by atoms with Crippen LogP contribution in [-0.2, 0) is 13.2 Å². The molecule has 23 heavy (non-hydrogen) atoms. The number of nitrogens with zero attached hydrogens (tertiary/aromatic N) is 3. The zero-order valence-corrected chi connectivity index (χ0v) is 11.9. The standard InChI is InChI=1S/C15H11F3N4O/c1-22-6-5-19-14(22)21-13(23)10-7-9-3-2-4-11(15(16,17)18)12(9)20-8-10/h2-8H,1H3,(H,19,21,23). The molecule has 0 aliphatic heterocycles. The van der Waals surface area contributed by atoms with Crippen LogP contribution in [0.3, 0.4) is 0 Å². The smallest absolute Gasteiger partial charge is 0.320 e. The Kier molecular flexibility index (Phi) is 3.51. The van der Waals surface area contributed by atoms with Gasteiger partial charge in [-0.2, -0.15) is 13.2 Å². The molecule has 2 aromatic heterocycles. The van der Waals surface area contributed by atoms with E-state index in [0.29, 0.717) is 5.95 Å². The number of aryl methyl sites for hydroxylation is 1. The van der Waals surface area contributed by atoms with Crippen molar-refractivity contribution in [3.63, 3.8) is 0 Å². The molecule has 0 aliphatic rings. The van der Waals surface area contributed by atoms with Crippen LogP contribution in [-0.4, -0.2) is 20.4 Å². The maximum atomic E-state index is 12.9. The molecule has 3 aromatic rings. The number of benzene rings is 1. The summed E-state index contributed by atoms with van der Waals surface area (Å²) in [7, 11) is 1.71. The van der Waals surface area contributed by atoms with Crippen LogP contribution in [0.1, 0.15) is 15.9 Å². The van der Waals surface area contributed by atoms with Gasteiger partial charge in [-0.15, -0.1) is 0 Å². The number of hydrogen-bond donors (Lipinski definition) is 1. The third kappa shape index (κ3) is 2.87. The van der Waals surface area contributed by atoms with Gasteiger partial charge in [0.05, 0.1) is 16.6 Å². The molecule has 2 heterocycles. The summed E-state index contributed by atoms with van der Waals surface area (Å²) in [5, 5.41) is 2.81. The molecule has 8 heteroatoms. The zero-order chi connectivity index (χ0) is 16.6. The third-order valence-electron chi connectivity index (χ3n) is 3.33. The fourth-order valence-corrected chi connectivity index (χ4v) is 2.17. The van der Waals surface area contributed by atoms with Gasteiger partial charge in [-0.1, -0.05) is 12.1 Å². The van der Waals surface area contributed by atoms with Crippen LogP contribution < -0.4 is 5.32 Å². The summed E-state index contributed by atoms with van der Waals surface area (Å²) >= 11 is 0. The second kappa shape index (κ2) is 5.38. The first-order valence-electron chi connectivity index (χ1n) is 6.61. The van der Waals surface area contributed by atoms with E-state index in [1.54, 1.807) is 17.8 Å². The fourth-order valence-electron chi connectivity index (χ4n) is 2.17. The molecule has 1 N–H and O–H groups in total. The number of fused-ring (bicyclic) bond motifs is 1. The molecule has 3 rings (SSSR count). The van der Waals surface area contributed by atoms with E-state index in [4.69, 9.17) is 0 Å². The van der Waals surface area contributed by atoms with Crippen LogP contribution in [0, 0.1) is 0 Å². The number of halogens is 3. The Balaban J connectivity index is 1.98. The normalized spacial score (nSPS) is 11.7. The van der Waals surface area contributed by atoms with Crippen molar-refractivity contribution in [1.29, 1.82) is 0 Å². The molecule has 0 radical (unpaired) electrons. The van der Waals surface area contributed by atoms with Crippen LogP contribution >= 0.6 is 0 Å². The van der Waals surface area contributed by atoms with Crippen molar-refractivity contribution >= 4 is 22.8 Å². The van der Waals surface area contributed by atoms with Crippen LogP contribution in [0.2, 0.25) is 0 Å². The number of hydrogen-bond acceptors (Lipinski definition) is 3. The van der Waals surface area contributed by atoms with E-state index < -0.39 is 17.6 Å². The first-order chi connectivity index (χ1) is 10.9. The molecule has 0 unspecified atom stereocenters. The Hall–Kier alpha value is -2.90. The van der Waals surface area contributed by atoms with Gasteiger partial charge in [-0.05, 0) is 12.1 Å². The van der Waals surface area contributed by atoms with Crippen molar-refractivity contribution in [2.24, 2.45) is 7.05 Å². The Labute approximate surface area is 128 Å². The maximum absolute atomic E-state index is 12.9. The van der Waals surface area contributed by atoms with Crippen LogP contribution in [0.25, 0.3) is 10.9 Å². The lowest BCUT2D eigenvalue weighted by atomic mass is 10.1. The first-order valence-corrected chi connectivity index (χ1v) is 6.61. The Bertz CT molecular complexity index is 886. The van der Waals surface area contributed by atoms with E-state index in [9.17, 15) is 18.0 Å².